The van der Waals surface area contributed by atoms with Crippen molar-refractivity contribution >= 4 is 22.4 Å². The van der Waals surface area contributed by atoms with Crippen molar-refractivity contribution in [2.75, 3.05) is 5.32 Å². The molecule has 3 heteroatoms. The zero-order chi connectivity index (χ0) is 17.8. The van der Waals surface area contributed by atoms with Gasteiger partial charge in [0.1, 0.15) is 11.5 Å². The summed E-state index contributed by atoms with van der Waals surface area (Å²) in [6.07, 6.45) is 0.959. The molecule has 4 rings (SSSR count). The zero-order valence-corrected chi connectivity index (χ0v) is 14.3. The predicted molar refractivity (Wildman–Crippen MR) is 105 cm³/mol. The first-order valence-electron chi connectivity index (χ1n) is 8.71. The Kier molecular flexibility index (Phi) is 4.52. The molecule has 0 aliphatic heterocycles. The highest BCUT2D eigenvalue weighted by Crippen LogP contribution is 2.23. The number of nitrogens with one attached hydrogen (secondary N) is 1. The molecule has 128 valence electrons. The van der Waals surface area contributed by atoms with Crippen molar-refractivity contribution in [2.24, 2.45) is 0 Å². The van der Waals surface area contributed by atoms with E-state index in [2.05, 4.69) is 11.4 Å². The number of carbonyl (C=O) groups excluding carboxylic acids is 1. The second-order valence-electron chi connectivity index (χ2n) is 6.24. The number of hydrogen-bond donors (Lipinski definition) is 1. The fourth-order valence-corrected chi connectivity index (χ4v) is 3.00. The van der Waals surface area contributed by atoms with Gasteiger partial charge in [-0.1, -0.05) is 60.7 Å². The molecule has 0 saturated heterocycles. The van der Waals surface area contributed by atoms with E-state index < -0.39 is 0 Å². The maximum Gasteiger partial charge on any atom is 0.224 e. The van der Waals surface area contributed by atoms with Crippen molar-refractivity contribution < 1.29 is 9.21 Å². The quantitative estimate of drug-likeness (QED) is 0.508. The van der Waals surface area contributed by atoms with E-state index in [1.54, 1.807) is 0 Å². The lowest BCUT2D eigenvalue weighted by molar-refractivity contribution is -0.116. The first-order valence-corrected chi connectivity index (χ1v) is 8.71. The van der Waals surface area contributed by atoms with Crippen LogP contribution in [0, 0.1) is 0 Å². The van der Waals surface area contributed by atoms with Crippen LogP contribution in [-0.2, 0) is 11.2 Å². The van der Waals surface area contributed by atoms with Crippen molar-refractivity contribution in [3.05, 3.63) is 90.7 Å². The van der Waals surface area contributed by atoms with Gasteiger partial charge in [-0.25, -0.2) is 0 Å². The van der Waals surface area contributed by atoms with Crippen LogP contribution in [0.15, 0.2) is 89.3 Å². The average Bonchev–Trinajstić information content (AvgIpc) is 3.16. The van der Waals surface area contributed by atoms with E-state index in [0.29, 0.717) is 12.8 Å². The third-order valence-corrected chi connectivity index (χ3v) is 4.35. The molecule has 0 aliphatic carbocycles. The number of anilines is 1. The van der Waals surface area contributed by atoms with E-state index in [4.69, 9.17) is 4.42 Å². The Hall–Kier alpha value is -3.33. The van der Waals surface area contributed by atoms with Crippen LogP contribution in [0.1, 0.15) is 12.2 Å². The van der Waals surface area contributed by atoms with Gasteiger partial charge in [0.25, 0.3) is 0 Å². The van der Waals surface area contributed by atoms with Gasteiger partial charge in [0.15, 0.2) is 0 Å². The highest BCUT2D eigenvalue weighted by Gasteiger charge is 2.08. The standard InChI is InChI=1S/C23H19NO2/c25-23(24-20-11-10-17-6-4-5-9-19(17)16-20)15-13-21-12-14-22(26-21)18-7-2-1-3-8-18/h1-12,14,16H,13,15H2,(H,24,25). The summed E-state index contributed by atoms with van der Waals surface area (Å²) in [5, 5.41) is 5.24. The summed E-state index contributed by atoms with van der Waals surface area (Å²) in [7, 11) is 0. The summed E-state index contributed by atoms with van der Waals surface area (Å²) in [6.45, 7) is 0. The number of carbonyl (C=O) groups is 1. The van der Waals surface area contributed by atoms with Crippen LogP contribution in [0.5, 0.6) is 0 Å². The molecular weight excluding hydrogens is 322 g/mol. The van der Waals surface area contributed by atoms with Crippen LogP contribution in [0.3, 0.4) is 0 Å². The zero-order valence-electron chi connectivity index (χ0n) is 14.3. The van der Waals surface area contributed by atoms with E-state index in [0.717, 1.165) is 33.5 Å². The first kappa shape index (κ1) is 16.2. The normalized spacial score (nSPS) is 10.8. The van der Waals surface area contributed by atoms with Crippen molar-refractivity contribution in [1.82, 2.24) is 0 Å². The predicted octanol–water partition coefficient (Wildman–Crippen LogP) is 5.67. The van der Waals surface area contributed by atoms with Gasteiger partial charge in [-0.15, -0.1) is 0 Å². The third-order valence-electron chi connectivity index (χ3n) is 4.35. The number of rotatable bonds is 5. The second kappa shape index (κ2) is 7.28. The van der Waals surface area contributed by atoms with Crippen molar-refractivity contribution in [1.29, 1.82) is 0 Å². The lowest BCUT2D eigenvalue weighted by Crippen LogP contribution is -2.12. The maximum atomic E-state index is 12.2. The molecule has 0 fully saturated rings. The number of aryl methyl sites for hydroxylation is 1. The third kappa shape index (κ3) is 3.67. The Morgan fingerprint density at radius 2 is 1.58 bits per heavy atom. The number of fused-ring (bicyclic) bond motifs is 1. The summed E-state index contributed by atoms with van der Waals surface area (Å²) >= 11 is 0. The van der Waals surface area contributed by atoms with Gasteiger partial charge in [-0.05, 0) is 35.0 Å². The smallest absolute Gasteiger partial charge is 0.224 e. The Morgan fingerprint density at radius 3 is 2.42 bits per heavy atom. The molecule has 1 amide bonds. The van der Waals surface area contributed by atoms with Crippen LogP contribution in [0.25, 0.3) is 22.1 Å². The lowest BCUT2D eigenvalue weighted by atomic mass is 10.1. The number of hydrogen-bond acceptors (Lipinski definition) is 2. The molecule has 0 bridgehead atoms. The van der Waals surface area contributed by atoms with Crippen LogP contribution in [-0.4, -0.2) is 5.91 Å². The minimum atomic E-state index is -0.0158. The molecular formula is C23H19NO2. The number of furan rings is 1. The molecule has 4 aromatic rings. The van der Waals surface area contributed by atoms with Crippen molar-refractivity contribution in [3.63, 3.8) is 0 Å². The average molecular weight is 341 g/mol. The number of amides is 1. The Labute approximate surface area is 152 Å². The Bertz CT molecular complexity index is 1030. The summed E-state index contributed by atoms with van der Waals surface area (Å²) in [4.78, 5) is 12.2. The summed E-state index contributed by atoms with van der Waals surface area (Å²) < 4.78 is 5.85. The van der Waals surface area contributed by atoms with Gasteiger partial charge in [0.2, 0.25) is 5.91 Å². The van der Waals surface area contributed by atoms with E-state index >= 15 is 0 Å². The van der Waals surface area contributed by atoms with Crippen LogP contribution in [0.4, 0.5) is 5.69 Å². The molecule has 3 nitrogen and oxygen atoms in total. The molecule has 0 unspecified atom stereocenters. The molecule has 1 aromatic heterocycles. The van der Waals surface area contributed by atoms with Gasteiger partial charge in [0.05, 0.1) is 0 Å². The van der Waals surface area contributed by atoms with Crippen LogP contribution >= 0.6 is 0 Å². The second-order valence-corrected chi connectivity index (χ2v) is 6.24. The summed E-state index contributed by atoms with van der Waals surface area (Å²) in [5.41, 5.74) is 1.86. The monoisotopic (exact) mass is 341 g/mol. The van der Waals surface area contributed by atoms with Crippen LogP contribution < -0.4 is 5.32 Å². The first-order chi connectivity index (χ1) is 12.8. The van der Waals surface area contributed by atoms with Gasteiger partial charge in [-0.3, -0.25) is 4.79 Å². The SMILES string of the molecule is O=C(CCc1ccc(-c2ccccc2)o1)Nc1ccc2ccccc2c1. The summed E-state index contributed by atoms with van der Waals surface area (Å²) in [5.74, 6) is 1.63. The molecule has 0 radical (unpaired) electrons. The van der Waals surface area contributed by atoms with Gasteiger partial charge in [-0.2, -0.15) is 0 Å². The van der Waals surface area contributed by atoms with Crippen molar-refractivity contribution in [2.45, 2.75) is 12.8 Å². The summed E-state index contributed by atoms with van der Waals surface area (Å²) in [6, 6.07) is 27.9. The topological polar surface area (TPSA) is 42.2 Å². The highest BCUT2D eigenvalue weighted by atomic mass is 16.3. The molecule has 26 heavy (non-hydrogen) atoms. The highest BCUT2D eigenvalue weighted by molar-refractivity contribution is 5.94. The van der Waals surface area contributed by atoms with Gasteiger partial charge < -0.3 is 9.73 Å². The Balaban J connectivity index is 1.37. The molecule has 0 spiro atoms. The van der Waals surface area contributed by atoms with Gasteiger partial charge >= 0.3 is 0 Å². The molecule has 1 heterocycles. The fraction of sp³-hybridized carbons (Fsp3) is 0.0870. The maximum absolute atomic E-state index is 12.2. The van der Waals surface area contributed by atoms with E-state index in [9.17, 15) is 4.79 Å². The minimum absolute atomic E-state index is 0.0158. The molecule has 3 aromatic carbocycles. The van der Waals surface area contributed by atoms with Gasteiger partial charge in [0, 0.05) is 24.1 Å². The Morgan fingerprint density at radius 1 is 0.808 bits per heavy atom. The van der Waals surface area contributed by atoms with Crippen molar-refractivity contribution in [3.8, 4) is 11.3 Å². The van der Waals surface area contributed by atoms with E-state index in [1.807, 2.05) is 78.9 Å². The molecule has 0 atom stereocenters. The molecule has 0 saturated carbocycles. The van der Waals surface area contributed by atoms with E-state index in [1.165, 1.54) is 0 Å². The van der Waals surface area contributed by atoms with E-state index in [-0.39, 0.29) is 5.91 Å². The molecule has 1 N–H and O–H groups in total. The lowest BCUT2D eigenvalue weighted by Gasteiger charge is -2.06. The molecule has 0 aliphatic rings. The largest absolute Gasteiger partial charge is 0.461 e. The van der Waals surface area contributed by atoms with Crippen LogP contribution in [0.2, 0.25) is 0 Å². The minimum Gasteiger partial charge on any atom is -0.461 e. The number of benzene rings is 3. The fourth-order valence-electron chi connectivity index (χ4n) is 3.00.